The van der Waals surface area contributed by atoms with Gasteiger partial charge >= 0.3 is 5.97 Å². The van der Waals surface area contributed by atoms with Gasteiger partial charge < -0.3 is 15.6 Å². The Balaban J connectivity index is 4.21. The molecule has 0 bridgehead atoms. The third-order valence-electron chi connectivity index (χ3n) is 2.46. The van der Waals surface area contributed by atoms with Crippen LogP contribution in [0.4, 0.5) is 0 Å². The molecule has 4 nitrogen and oxygen atoms in total. The second kappa shape index (κ2) is 6.79. The van der Waals surface area contributed by atoms with Gasteiger partial charge in [-0.1, -0.05) is 26.7 Å². The van der Waals surface area contributed by atoms with Crippen LogP contribution in [-0.2, 0) is 9.53 Å². The molecule has 84 valence electrons. The molecule has 0 aromatic carbocycles. The summed E-state index contributed by atoms with van der Waals surface area (Å²) in [5.41, 5.74) is 5.57. The van der Waals surface area contributed by atoms with Crippen LogP contribution in [0.2, 0.25) is 0 Å². The normalized spacial score (nSPS) is 15.3. The lowest BCUT2D eigenvalue weighted by atomic mass is 9.92. The van der Waals surface area contributed by atoms with Crippen molar-refractivity contribution in [3.05, 3.63) is 0 Å². The Labute approximate surface area is 85.4 Å². The predicted octanol–water partition coefficient (Wildman–Crippen LogP) is 0.674. The van der Waals surface area contributed by atoms with Gasteiger partial charge in [-0.15, -0.1) is 0 Å². The second-order valence-electron chi connectivity index (χ2n) is 3.35. The van der Waals surface area contributed by atoms with Crippen LogP contribution < -0.4 is 5.73 Å². The first-order chi connectivity index (χ1) is 6.58. The molecule has 0 heterocycles. The van der Waals surface area contributed by atoms with Gasteiger partial charge in [0.25, 0.3) is 0 Å². The van der Waals surface area contributed by atoms with Crippen LogP contribution in [0, 0.1) is 5.92 Å². The molecule has 3 N–H and O–H groups in total. The largest absolute Gasteiger partial charge is 0.465 e. The van der Waals surface area contributed by atoms with Gasteiger partial charge in [0, 0.05) is 0 Å². The molecule has 0 aromatic rings. The van der Waals surface area contributed by atoms with Crippen LogP contribution in [0.3, 0.4) is 0 Å². The van der Waals surface area contributed by atoms with E-state index in [0.29, 0.717) is 6.61 Å². The van der Waals surface area contributed by atoms with E-state index in [0.717, 1.165) is 12.8 Å². The molecule has 4 heteroatoms. The van der Waals surface area contributed by atoms with Gasteiger partial charge in [-0.05, 0) is 12.8 Å². The molecule has 0 radical (unpaired) electrons. The van der Waals surface area contributed by atoms with E-state index >= 15 is 0 Å². The number of aliphatic hydroxyl groups excluding tert-OH is 1. The van der Waals surface area contributed by atoms with E-state index in [1.54, 1.807) is 6.92 Å². The number of ether oxygens (including phenoxy) is 1. The van der Waals surface area contributed by atoms with E-state index in [4.69, 9.17) is 10.5 Å². The Morgan fingerprint density at radius 3 is 2.21 bits per heavy atom. The van der Waals surface area contributed by atoms with Gasteiger partial charge in [-0.25, -0.2) is 0 Å². The number of carbonyl (C=O) groups excluding carboxylic acids is 1. The zero-order chi connectivity index (χ0) is 11.1. The fraction of sp³-hybridized carbons (Fsp3) is 0.900. The molecule has 0 amide bonds. The van der Waals surface area contributed by atoms with Crippen molar-refractivity contribution in [3.63, 3.8) is 0 Å². The summed E-state index contributed by atoms with van der Waals surface area (Å²) in [7, 11) is 0. The summed E-state index contributed by atoms with van der Waals surface area (Å²) in [6.45, 7) is 5.95. The summed E-state index contributed by atoms with van der Waals surface area (Å²) >= 11 is 0. The number of hydrogen-bond acceptors (Lipinski definition) is 4. The Morgan fingerprint density at radius 1 is 1.36 bits per heavy atom. The summed E-state index contributed by atoms with van der Waals surface area (Å²) in [5.74, 6) is -0.457. The second-order valence-corrected chi connectivity index (χ2v) is 3.35. The van der Waals surface area contributed by atoms with E-state index in [1.165, 1.54) is 0 Å². The van der Waals surface area contributed by atoms with E-state index < -0.39 is 18.1 Å². The zero-order valence-electron chi connectivity index (χ0n) is 9.19. The molecule has 0 aliphatic carbocycles. The number of esters is 1. The lowest BCUT2D eigenvalue weighted by Gasteiger charge is -2.24. The zero-order valence-corrected chi connectivity index (χ0v) is 9.19. The van der Waals surface area contributed by atoms with E-state index in [1.807, 2.05) is 13.8 Å². The summed E-state index contributed by atoms with van der Waals surface area (Å²) in [5, 5.41) is 9.75. The fourth-order valence-corrected chi connectivity index (χ4v) is 1.44. The molecule has 2 atom stereocenters. The van der Waals surface area contributed by atoms with Crippen molar-refractivity contribution in [2.75, 3.05) is 6.61 Å². The topological polar surface area (TPSA) is 72.5 Å². The van der Waals surface area contributed by atoms with Gasteiger partial charge in [-0.3, -0.25) is 4.79 Å². The number of carbonyl (C=O) groups is 1. The molecule has 0 saturated carbocycles. The summed E-state index contributed by atoms with van der Waals surface area (Å²) < 4.78 is 4.74. The van der Waals surface area contributed by atoms with Crippen molar-refractivity contribution in [2.24, 2.45) is 11.7 Å². The molecule has 2 unspecified atom stereocenters. The average Bonchev–Trinajstić information content (AvgIpc) is 2.18. The van der Waals surface area contributed by atoms with Crippen molar-refractivity contribution < 1.29 is 14.6 Å². The first-order valence-corrected chi connectivity index (χ1v) is 5.18. The smallest absolute Gasteiger partial charge is 0.325 e. The van der Waals surface area contributed by atoms with Crippen LogP contribution in [0.5, 0.6) is 0 Å². The molecule has 0 fully saturated rings. The van der Waals surface area contributed by atoms with Crippen LogP contribution >= 0.6 is 0 Å². The minimum atomic E-state index is -0.917. The summed E-state index contributed by atoms with van der Waals surface area (Å²) in [6, 6.07) is -0.917. The summed E-state index contributed by atoms with van der Waals surface area (Å²) in [4.78, 5) is 11.2. The van der Waals surface area contributed by atoms with Crippen LogP contribution in [0.15, 0.2) is 0 Å². The predicted molar refractivity (Wildman–Crippen MR) is 54.7 cm³/mol. The summed E-state index contributed by atoms with van der Waals surface area (Å²) in [6.07, 6.45) is 0.819. The molecule has 0 saturated heterocycles. The highest BCUT2D eigenvalue weighted by Gasteiger charge is 2.28. The minimum absolute atomic E-state index is 0.0643. The number of aliphatic hydroxyl groups is 1. The first kappa shape index (κ1) is 13.4. The minimum Gasteiger partial charge on any atom is -0.465 e. The molecular weight excluding hydrogens is 182 g/mol. The first-order valence-electron chi connectivity index (χ1n) is 5.18. The maximum absolute atomic E-state index is 11.2. The van der Waals surface area contributed by atoms with E-state index in [-0.39, 0.29) is 5.92 Å². The van der Waals surface area contributed by atoms with Crippen molar-refractivity contribution >= 4 is 5.97 Å². The lowest BCUT2D eigenvalue weighted by molar-refractivity contribution is -0.148. The van der Waals surface area contributed by atoms with Crippen LogP contribution in [-0.4, -0.2) is 29.8 Å². The molecule has 0 spiro atoms. The Bertz CT molecular complexity index is 169. The van der Waals surface area contributed by atoms with Gasteiger partial charge in [0.2, 0.25) is 0 Å². The standard InChI is InChI=1S/C10H21NO3/c1-4-7(5-2)9(12)8(11)10(13)14-6-3/h7-9,12H,4-6,11H2,1-3H3. The average molecular weight is 203 g/mol. The maximum Gasteiger partial charge on any atom is 0.325 e. The third kappa shape index (κ3) is 3.64. The van der Waals surface area contributed by atoms with Crippen molar-refractivity contribution in [1.82, 2.24) is 0 Å². The highest BCUT2D eigenvalue weighted by molar-refractivity contribution is 5.76. The monoisotopic (exact) mass is 203 g/mol. The van der Waals surface area contributed by atoms with Gasteiger partial charge in [0.05, 0.1) is 12.7 Å². The maximum atomic E-state index is 11.2. The van der Waals surface area contributed by atoms with Crippen LogP contribution in [0.1, 0.15) is 33.6 Å². The molecule has 14 heavy (non-hydrogen) atoms. The highest BCUT2D eigenvalue weighted by Crippen LogP contribution is 2.15. The van der Waals surface area contributed by atoms with Gasteiger partial charge in [-0.2, -0.15) is 0 Å². The van der Waals surface area contributed by atoms with Crippen molar-refractivity contribution in [3.8, 4) is 0 Å². The Kier molecular flexibility index (Phi) is 6.49. The molecule has 0 aromatic heterocycles. The molecular formula is C10H21NO3. The Morgan fingerprint density at radius 2 is 1.86 bits per heavy atom. The van der Waals surface area contributed by atoms with Gasteiger partial charge in [0.1, 0.15) is 6.04 Å². The lowest BCUT2D eigenvalue weighted by Crippen LogP contribution is -2.46. The van der Waals surface area contributed by atoms with Crippen molar-refractivity contribution in [1.29, 1.82) is 0 Å². The molecule has 0 rings (SSSR count). The third-order valence-corrected chi connectivity index (χ3v) is 2.46. The number of nitrogens with two attached hydrogens (primary N) is 1. The van der Waals surface area contributed by atoms with E-state index in [2.05, 4.69) is 0 Å². The SMILES string of the molecule is CCOC(=O)C(N)C(O)C(CC)CC. The van der Waals surface area contributed by atoms with Crippen molar-refractivity contribution in [2.45, 2.75) is 45.8 Å². The fourth-order valence-electron chi connectivity index (χ4n) is 1.44. The number of rotatable bonds is 6. The number of hydrogen-bond donors (Lipinski definition) is 2. The molecule has 0 aliphatic rings. The Hall–Kier alpha value is -0.610. The van der Waals surface area contributed by atoms with E-state index in [9.17, 15) is 9.90 Å². The van der Waals surface area contributed by atoms with Gasteiger partial charge in [0.15, 0.2) is 0 Å². The molecule has 0 aliphatic heterocycles. The quantitative estimate of drug-likeness (QED) is 0.622. The van der Waals surface area contributed by atoms with Crippen LogP contribution in [0.25, 0.3) is 0 Å². The highest BCUT2D eigenvalue weighted by atomic mass is 16.5.